The molecule has 0 amide bonds. The summed E-state index contributed by atoms with van der Waals surface area (Å²) in [6.45, 7) is -0.0345. The van der Waals surface area contributed by atoms with Gasteiger partial charge in [-0.3, -0.25) is 9.79 Å². The van der Waals surface area contributed by atoms with Gasteiger partial charge in [-0.05, 0) is 12.7 Å². The van der Waals surface area contributed by atoms with Gasteiger partial charge in [-0.15, -0.1) is 0 Å². The molecule has 0 rings (SSSR count). The highest BCUT2D eigenvalue weighted by Gasteiger charge is 2.33. The number of hydrogen-bond donors (Lipinski definition) is 6. The van der Waals surface area contributed by atoms with E-state index in [9.17, 15) is 4.79 Å². The topological polar surface area (TPSA) is 154 Å². The van der Waals surface area contributed by atoms with Crippen LogP contribution in [0.3, 0.4) is 0 Å². The lowest BCUT2D eigenvalue weighted by atomic mass is 9.82. The minimum absolute atomic E-state index is 0.0345. The Labute approximate surface area is 106 Å². The van der Waals surface area contributed by atoms with Crippen molar-refractivity contribution in [3.8, 4) is 0 Å². The zero-order chi connectivity index (χ0) is 14.2. The van der Waals surface area contributed by atoms with Crippen molar-refractivity contribution in [1.29, 1.82) is 0 Å². The standard InChI is InChI=1S/C9H21BN4O4/c1-13-8(11)14-6-9(12,7(15)16)4-2-3-5-10(17)18/h17-18H,2-6,12H2,1H3,(H,15,16)(H3,11,13,14). The van der Waals surface area contributed by atoms with Gasteiger partial charge in [0.15, 0.2) is 5.96 Å². The van der Waals surface area contributed by atoms with E-state index in [2.05, 4.69) is 10.3 Å². The molecule has 8 N–H and O–H groups in total. The summed E-state index contributed by atoms with van der Waals surface area (Å²) in [6.07, 6.45) is 1.37. The number of aliphatic carboxylic acids is 1. The number of rotatable bonds is 8. The Bertz CT molecular complexity index is 300. The van der Waals surface area contributed by atoms with Crippen LogP contribution in [0, 0.1) is 0 Å². The number of aliphatic imine (C=N–C) groups is 1. The molecule has 104 valence electrons. The maximum absolute atomic E-state index is 11.1. The van der Waals surface area contributed by atoms with Gasteiger partial charge in [0.1, 0.15) is 5.54 Å². The second-order valence-electron chi connectivity index (χ2n) is 4.15. The summed E-state index contributed by atoms with van der Waals surface area (Å²) in [5.41, 5.74) is 9.71. The van der Waals surface area contributed by atoms with E-state index in [1.807, 2.05) is 0 Å². The van der Waals surface area contributed by atoms with Crippen LogP contribution in [0.15, 0.2) is 4.99 Å². The molecule has 0 aliphatic heterocycles. The zero-order valence-electron chi connectivity index (χ0n) is 10.5. The summed E-state index contributed by atoms with van der Waals surface area (Å²) in [5, 5.41) is 29.0. The largest absolute Gasteiger partial charge is 0.480 e. The van der Waals surface area contributed by atoms with Crippen LogP contribution in [-0.2, 0) is 4.79 Å². The van der Waals surface area contributed by atoms with Crippen LogP contribution in [0.4, 0.5) is 0 Å². The number of nitrogens with one attached hydrogen (secondary N) is 1. The van der Waals surface area contributed by atoms with Crippen molar-refractivity contribution in [1.82, 2.24) is 5.32 Å². The van der Waals surface area contributed by atoms with Crippen molar-refractivity contribution < 1.29 is 19.9 Å². The molecule has 0 spiro atoms. The van der Waals surface area contributed by atoms with Crippen molar-refractivity contribution in [2.45, 2.75) is 31.1 Å². The number of hydrogen-bond acceptors (Lipinski definition) is 5. The van der Waals surface area contributed by atoms with Crippen LogP contribution in [-0.4, -0.2) is 53.3 Å². The molecule has 1 atom stereocenters. The lowest BCUT2D eigenvalue weighted by Gasteiger charge is -2.25. The predicted octanol–water partition coefficient (Wildman–Crippen LogP) is -2.05. The van der Waals surface area contributed by atoms with Crippen molar-refractivity contribution >= 4 is 19.0 Å². The lowest BCUT2D eigenvalue weighted by Crippen LogP contribution is -2.57. The van der Waals surface area contributed by atoms with Gasteiger partial charge in [-0.1, -0.05) is 12.8 Å². The highest BCUT2D eigenvalue weighted by atomic mass is 16.4. The number of nitrogens with zero attached hydrogens (tertiary/aromatic N) is 1. The molecule has 0 aromatic heterocycles. The minimum atomic E-state index is -1.45. The Hall–Kier alpha value is -1.32. The number of carbonyl (C=O) groups is 1. The highest BCUT2D eigenvalue weighted by Crippen LogP contribution is 2.13. The van der Waals surface area contributed by atoms with Gasteiger partial charge in [0.05, 0.1) is 0 Å². The van der Waals surface area contributed by atoms with Gasteiger partial charge < -0.3 is 31.9 Å². The van der Waals surface area contributed by atoms with Gasteiger partial charge in [-0.2, -0.15) is 0 Å². The maximum atomic E-state index is 11.1. The molecule has 0 fully saturated rings. The number of carboxylic acids is 1. The summed E-state index contributed by atoms with van der Waals surface area (Å²) in [4.78, 5) is 14.7. The van der Waals surface area contributed by atoms with Crippen LogP contribution < -0.4 is 16.8 Å². The molecule has 18 heavy (non-hydrogen) atoms. The molecule has 8 nitrogen and oxygen atoms in total. The summed E-state index contributed by atoms with van der Waals surface area (Å²) >= 11 is 0. The first kappa shape index (κ1) is 16.7. The third kappa shape index (κ3) is 6.43. The van der Waals surface area contributed by atoms with E-state index in [-0.39, 0.29) is 25.2 Å². The molecule has 0 aliphatic carbocycles. The van der Waals surface area contributed by atoms with Gasteiger partial charge >= 0.3 is 13.1 Å². The Morgan fingerprint density at radius 3 is 2.50 bits per heavy atom. The number of nitrogens with two attached hydrogens (primary N) is 2. The Morgan fingerprint density at radius 2 is 2.06 bits per heavy atom. The van der Waals surface area contributed by atoms with Gasteiger partial charge in [0.25, 0.3) is 0 Å². The minimum Gasteiger partial charge on any atom is -0.480 e. The Balaban J connectivity index is 4.22. The fraction of sp³-hybridized carbons (Fsp3) is 0.778. The molecule has 0 aromatic carbocycles. The summed E-state index contributed by atoms with van der Waals surface area (Å²) < 4.78 is 0. The first-order chi connectivity index (χ1) is 8.31. The highest BCUT2D eigenvalue weighted by molar-refractivity contribution is 6.40. The van der Waals surface area contributed by atoms with E-state index in [1.165, 1.54) is 7.05 Å². The monoisotopic (exact) mass is 260 g/mol. The van der Waals surface area contributed by atoms with Crippen LogP contribution in [0.2, 0.25) is 6.32 Å². The lowest BCUT2D eigenvalue weighted by molar-refractivity contribution is -0.143. The zero-order valence-corrected chi connectivity index (χ0v) is 10.5. The predicted molar refractivity (Wildman–Crippen MR) is 69.0 cm³/mol. The van der Waals surface area contributed by atoms with E-state index in [4.69, 9.17) is 26.6 Å². The van der Waals surface area contributed by atoms with Gasteiger partial charge in [0.2, 0.25) is 0 Å². The van der Waals surface area contributed by atoms with Crippen molar-refractivity contribution in [3.63, 3.8) is 0 Å². The SMILES string of the molecule is CN=C(N)NCC(N)(CCCCB(O)O)C(=O)O. The van der Waals surface area contributed by atoms with E-state index >= 15 is 0 Å². The molecule has 0 heterocycles. The summed E-state index contributed by atoms with van der Waals surface area (Å²) in [6, 6.07) is 0. The van der Waals surface area contributed by atoms with Crippen LogP contribution in [0.25, 0.3) is 0 Å². The van der Waals surface area contributed by atoms with E-state index in [1.54, 1.807) is 0 Å². The fourth-order valence-corrected chi connectivity index (χ4v) is 1.37. The average Bonchev–Trinajstić information content (AvgIpc) is 2.31. The third-order valence-corrected chi connectivity index (χ3v) is 2.59. The van der Waals surface area contributed by atoms with Crippen molar-refractivity contribution in [2.24, 2.45) is 16.5 Å². The molecule has 1 unspecified atom stereocenters. The average molecular weight is 260 g/mol. The molecule has 9 heteroatoms. The molecule has 0 saturated heterocycles. The molecule has 0 radical (unpaired) electrons. The van der Waals surface area contributed by atoms with Crippen molar-refractivity contribution in [2.75, 3.05) is 13.6 Å². The summed E-state index contributed by atoms with van der Waals surface area (Å²) in [5.74, 6) is -1.01. The maximum Gasteiger partial charge on any atom is 0.451 e. The second-order valence-corrected chi connectivity index (χ2v) is 4.15. The van der Waals surface area contributed by atoms with Crippen LogP contribution >= 0.6 is 0 Å². The number of unbranched alkanes of at least 4 members (excludes halogenated alkanes) is 1. The van der Waals surface area contributed by atoms with E-state index in [0.717, 1.165) is 0 Å². The van der Waals surface area contributed by atoms with E-state index in [0.29, 0.717) is 12.8 Å². The van der Waals surface area contributed by atoms with Crippen molar-refractivity contribution in [3.05, 3.63) is 0 Å². The Morgan fingerprint density at radius 1 is 1.44 bits per heavy atom. The third-order valence-electron chi connectivity index (χ3n) is 2.59. The smallest absolute Gasteiger partial charge is 0.451 e. The second kappa shape index (κ2) is 7.91. The van der Waals surface area contributed by atoms with Gasteiger partial charge in [0, 0.05) is 13.6 Å². The molecular weight excluding hydrogens is 239 g/mol. The fourth-order valence-electron chi connectivity index (χ4n) is 1.37. The van der Waals surface area contributed by atoms with Crippen LogP contribution in [0.1, 0.15) is 19.3 Å². The van der Waals surface area contributed by atoms with Crippen LogP contribution in [0.5, 0.6) is 0 Å². The summed E-state index contributed by atoms with van der Waals surface area (Å²) in [7, 11) is 0.104. The normalized spacial score (nSPS) is 15.0. The Kier molecular flexibility index (Phi) is 7.33. The first-order valence-corrected chi connectivity index (χ1v) is 5.66. The molecular formula is C9H21BN4O4. The number of carboxylic acid groups (broad SMARTS) is 1. The number of guanidine groups is 1. The molecule has 0 aromatic rings. The first-order valence-electron chi connectivity index (χ1n) is 5.66. The molecule has 0 bridgehead atoms. The molecule has 0 saturated carbocycles. The van der Waals surface area contributed by atoms with E-state index < -0.39 is 18.6 Å². The quantitative estimate of drug-likeness (QED) is 0.127. The molecule has 0 aliphatic rings. The van der Waals surface area contributed by atoms with Gasteiger partial charge in [-0.25, -0.2) is 0 Å².